The molecule has 0 bridgehead atoms. The first kappa shape index (κ1) is 16.6. The molecule has 1 N–H and O–H groups in total. The van der Waals surface area contributed by atoms with E-state index in [1.807, 2.05) is 37.4 Å². The van der Waals surface area contributed by atoms with Crippen molar-refractivity contribution >= 4 is 16.9 Å². The summed E-state index contributed by atoms with van der Waals surface area (Å²) in [5, 5.41) is 8.23. The number of rotatable bonds is 4. The van der Waals surface area contributed by atoms with Gasteiger partial charge in [0.15, 0.2) is 5.65 Å². The maximum Gasteiger partial charge on any atom is 0.252 e. The predicted octanol–water partition coefficient (Wildman–Crippen LogP) is 3.32. The van der Waals surface area contributed by atoms with E-state index in [1.54, 1.807) is 18.0 Å². The number of pyridine rings is 1. The molecule has 0 spiro atoms. The molecule has 1 saturated carbocycles. The minimum absolute atomic E-state index is 0.0542. The summed E-state index contributed by atoms with van der Waals surface area (Å²) in [6.45, 7) is 0. The fourth-order valence-electron chi connectivity index (χ4n) is 3.57. The lowest BCUT2D eigenvalue weighted by molar-refractivity contribution is 0.0939. The zero-order valence-corrected chi connectivity index (χ0v) is 15.0. The first-order chi connectivity index (χ1) is 12.7. The van der Waals surface area contributed by atoms with Gasteiger partial charge in [-0.2, -0.15) is 5.10 Å². The number of methoxy groups -OCH3 is 1. The van der Waals surface area contributed by atoms with Crippen LogP contribution in [0.1, 0.15) is 36.0 Å². The Bertz CT molecular complexity index is 958. The number of amides is 1. The van der Waals surface area contributed by atoms with Crippen LogP contribution in [0.4, 0.5) is 0 Å². The van der Waals surface area contributed by atoms with Crippen LogP contribution in [0.5, 0.6) is 5.75 Å². The molecule has 4 rings (SSSR count). The van der Waals surface area contributed by atoms with Crippen LogP contribution in [0.3, 0.4) is 0 Å². The van der Waals surface area contributed by atoms with Crippen molar-refractivity contribution in [1.29, 1.82) is 0 Å². The highest BCUT2D eigenvalue weighted by molar-refractivity contribution is 6.06. The van der Waals surface area contributed by atoms with Crippen LogP contribution in [0.2, 0.25) is 0 Å². The van der Waals surface area contributed by atoms with Gasteiger partial charge in [0.05, 0.1) is 30.0 Å². The van der Waals surface area contributed by atoms with Crippen LogP contribution in [0, 0.1) is 0 Å². The molecule has 6 nitrogen and oxygen atoms in total. The largest absolute Gasteiger partial charge is 0.497 e. The number of hydrogen-bond acceptors (Lipinski definition) is 4. The molecule has 2 aromatic heterocycles. The van der Waals surface area contributed by atoms with Gasteiger partial charge in [0.25, 0.3) is 5.91 Å². The number of carbonyl (C=O) groups excluding carboxylic acids is 1. The number of benzene rings is 1. The fraction of sp³-hybridized carbons (Fsp3) is 0.350. The second kappa shape index (κ2) is 6.78. The number of aryl methyl sites for hydroxylation is 1. The molecular weight excluding hydrogens is 328 g/mol. The van der Waals surface area contributed by atoms with E-state index in [4.69, 9.17) is 9.72 Å². The lowest BCUT2D eigenvalue weighted by Gasteiger charge is -2.13. The summed E-state index contributed by atoms with van der Waals surface area (Å²) in [6, 6.07) is 9.81. The number of ether oxygens (including phenoxy) is 1. The summed E-state index contributed by atoms with van der Waals surface area (Å²) in [5.74, 6) is 0.702. The Kier molecular flexibility index (Phi) is 4.32. The Hall–Kier alpha value is -2.89. The van der Waals surface area contributed by atoms with E-state index in [-0.39, 0.29) is 11.9 Å². The Morgan fingerprint density at radius 1 is 1.27 bits per heavy atom. The third-order valence-corrected chi connectivity index (χ3v) is 5.01. The van der Waals surface area contributed by atoms with Crippen LogP contribution in [-0.2, 0) is 7.05 Å². The molecule has 1 fully saturated rings. The van der Waals surface area contributed by atoms with E-state index in [0.29, 0.717) is 11.2 Å². The normalized spacial score (nSPS) is 14.7. The zero-order chi connectivity index (χ0) is 18.1. The van der Waals surface area contributed by atoms with Crippen LogP contribution in [0.15, 0.2) is 36.5 Å². The lowest BCUT2D eigenvalue weighted by atomic mass is 10.1. The third-order valence-electron chi connectivity index (χ3n) is 5.01. The Morgan fingerprint density at radius 3 is 2.85 bits per heavy atom. The van der Waals surface area contributed by atoms with E-state index in [1.165, 1.54) is 12.8 Å². The van der Waals surface area contributed by atoms with Crippen LogP contribution < -0.4 is 10.1 Å². The SMILES string of the molecule is COc1cccc(-c2cc(C(=O)NC3CCCC3)c3cnn(C)c3n2)c1. The second-order valence-electron chi connectivity index (χ2n) is 6.75. The van der Waals surface area contributed by atoms with E-state index < -0.39 is 0 Å². The van der Waals surface area contributed by atoms with Gasteiger partial charge in [0.2, 0.25) is 0 Å². The molecule has 6 heteroatoms. The molecule has 134 valence electrons. The van der Waals surface area contributed by atoms with Gasteiger partial charge in [-0.25, -0.2) is 4.98 Å². The lowest BCUT2D eigenvalue weighted by Crippen LogP contribution is -2.32. The van der Waals surface area contributed by atoms with E-state index in [2.05, 4.69) is 10.4 Å². The van der Waals surface area contributed by atoms with E-state index in [0.717, 1.165) is 35.2 Å². The van der Waals surface area contributed by atoms with Gasteiger partial charge in [0.1, 0.15) is 5.75 Å². The van der Waals surface area contributed by atoms with Gasteiger partial charge in [-0.05, 0) is 31.0 Å². The van der Waals surface area contributed by atoms with Crippen molar-refractivity contribution in [1.82, 2.24) is 20.1 Å². The van der Waals surface area contributed by atoms with Gasteiger partial charge < -0.3 is 10.1 Å². The highest BCUT2D eigenvalue weighted by Gasteiger charge is 2.21. The fourth-order valence-corrected chi connectivity index (χ4v) is 3.57. The molecule has 1 aliphatic rings. The molecule has 0 aliphatic heterocycles. The summed E-state index contributed by atoms with van der Waals surface area (Å²) < 4.78 is 7.01. The van der Waals surface area contributed by atoms with Crippen molar-refractivity contribution in [3.05, 3.63) is 42.1 Å². The smallest absolute Gasteiger partial charge is 0.252 e. The summed E-state index contributed by atoms with van der Waals surface area (Å²) in [4.78, 5) is 17.7. The number of nitrogens with one attached hydrogen (secondary N) is 1. The van der Waals surface area contributed by atoms with Gasteiger partial charge in [0, 0.05) is 18.7 Å². The predicted molar refractivity (Wildman–Crippen MR) is 100 cm³/mol. The van der Waals surface area contributed by atoms with Gasteiger partial charge >= 0.3 is 0 Å². The van der Waals surface area contributed by atoms with Crippen molar-refractivity contribution in [3.63, 3.8) is 0 Å². The third kappa shape index (κ3) is 3.03. The van der Waals surface area contributed by atoms with E-state index in [9.17, 15) is 4.79 Å². The van der Waals surface area contributed by atoms with Gasteiger partial charge in [-0.1, -0.05) is 25.0 Å². The molecule has 0 saturated heterocycles. The monoisotopic (exact) mass is 350 g/mol. The number of aromatic nitrogens is 3. The molecule has 0 unspecified atom stereocenters. The number of carbonyl (C=O) groups is 1. The molecule has 1 aliphatic carbocycles. The average molecular weight is 350 g/mol. The zero-order valence-electron chi connectivity index (χ0n) is 15.0. The maximum absolute atomic E-state index is 12.9. The first-order valence-electron chi connectivity index (χ1n) is 8.94. The highest BCUT2D eigenvalue weighted by Crippen LogP contribution is 2.27. The number of fused-ring (bicyclic) bond motifs is 1. The van der Waals surface area contributed by atoms with Crippen molar-refractivity contribution < 1.29 is 9.53 Å². The molecule has 3 aromatic rings. The van der Waals surface area contributed by atoms with Crippen LogP contribution in [0.25, 0.3) is 22.3 Å². The number of nitrogens with zero attached hydrogens (tertiary/aromatic N) is 3. The average Bonchev–Trinajstić information content (AvgIpc) is 3.31. The molecule has 0 atom stereocenters. The van der Waals surface area contributed by atoms with Gasteiger partial charge in [-0.3, -0.25) is 9.48 Å². The highest BCUT2D eigenvalue weighted by atomic mass is 16.5. The van der Waals surface area contributed by atoms with Crippen molar-refractivity contribution in [2.45, 2.75) is 31.7 Å². The minimum atomic E-state index is -0.0542. The van der Waals surface area contributed by atoms with Crippen LogP contribution in [-0.4, -0.2) is 33.8 Å². The topological polar surface area (TPSA) is 69.0 Å². The summed E-state index contributed by atoms with van der Waals surface area (Å²) in [7, 11) is 3.47. The van der Waals surface area contributed by atoms with Crippen LogP contribution >= 0.6 is 0 Å². The maximum atomic E-state index is 12.9. The summed E-state index contributed by atoms with van der Waals surface area (Å²) in [5.41, 5.74) is 2.95. The van der Waals surface area contributed by atoms with Crippen molar-refractivity contribution in [2.75, 3.05) is 7.11 Å². The van der Waals surface area contributed by atoms with Gasteiger partial charge in [-0.15, -0.1) is 0 Å². The molecule has 1 aromatic carbocycles. The Labute approximate surface area is 152 Å². The molecule has 2 heterocycles. The second-order valence-corrected chi connectivity index (χ2v) is 6.75. The van der Waals surface area contributed by atoms with E-state index >= 15 is 0 Å². The minimum Gasteiger partial charge on any atom is -0.497 e. The molecule has 1 amide bonds. The Balaban J connectivity index is 1.79. The Morgan fingerprint density at radius 2 is 2.08 bits per heavy atom. The molecule has 0 radical (unpaired) electrons. The summed E-state index contributed by atoms with van der Waals surface area (Å²) in [6.07, 6.45) is 6.17. The summed E-state index contributed by atoms with van der Waals surface area (Å²) >= 11 is 0. The number of hydrogen-bond donors (Lipinski definition) is 1. The van der Waals surface area contributed by atoms with Crippen molar-refractivity contribution in [3.8, 4) is 17.0 Å². The molecule has 26 heavy (non-hydrogen) atoms. The standard InChI is InChI=1S/C20H22N4O2/c1-24-19-17(12-21-24)16(20(25)22-14-7-3-4-8-14)11-18(23-19)13-6-5-9-15(10-13)26-2/h5-6,9-12,14H,3-4,7-8H2,1-2H3,(H,22,25). The quantitative estimate of drug-likeness (QED) is 0.784. The first-order valence-corrected chi connectivity index (χ1v) is 8.94. The molecular formula is C20H22N4O2. The van der Waals surface area contributed by atoms with Crippen molar-refractivity contribution in [2.24, 2.45) is 7.05 Å².